The molecule has 4 rings (SSSR count). The van der Waals surface area contributed by atoms with Gasteiger partial charge in [-0.1, -0.05) is 0 Å². The van der Waals surface area contributed by atoms with Crippen molar-refractivity contribution in [2.45, 2.75) is 39.6 Å². The van der Waals surface area contributed by atoms with Crippen LogP contribution in [0, 0.1) is 0 Å². The Kier molecular flexibility index (Phi) is 3.63. The van der Waals surface area contributed by atoms with Crippen LogP contribution in [0.4, 0.5) is 0 Å². The summed E-state index contributed by atoms with van der Waals surface area (Å²) in [4.78, 5) is 2.42. The third-order valence-electron chi connectivity index (χ3n) is 4.62. The molecule has 4 heterocycles. The van der Waals surface area contributed by atoms with Gasteiger partial charge in [-0.15, -0.1) is 0 Å². The lowest BCUT2D eigenvalue weighted by Crippen LogP contribution is -2.31. The summed E-state index contributed by atoms with van der Waals surface area (Å²) in [6, 6.07) is 6.33. The van der Waals surface area contributed by atoms with Gasteiger partial charge in [0.05, 0.1) is 17.8 Å². The molecule has 3 aromatic rings. The molecule has 0 atom stereocenters. The molecule has 1 aliphatic heterocycles. The van der Waals surface area contributed by atoms with Gasteiger partial charge in [0.1, 0.15) is 0 Å². The van der Waals surface area contributed by atoms with Gasteiger partial charge in [-0.25, -0.2) is 4.52 Å². The minimum atomic E-state index is 0.0188. The van der Waals surface area contributed by atoms with E-state index in [2.05, 4.69) is 34.2 Å². The molecular formula is C17H21N5O. The minimum Gasteiger partial charge on any atom is -0.390 e. The molecule has 0 radical (unpaired) electrons. The molecule has 6 nitrogen and oxygen atoms in total. The highest BCUT2D eigenvalue weighted by atomic mass is 16.3. The summed E-state index contributed by atoms with van der Waals surface area (Å²) in [6.07, 6.45) is 4.82. The van der Waals surface area contributed by atoms with E-state index >= 15 is 0 Å². The van der Waals surface area contributed by atoms with Gasteiger partial charge in [0.15, 0.2) is 0 Å². The molecule has 0 bridgehead atoms. The van der Waals surface area contributed by atoms with Crippen molar-refractivity contribution in [3.8, 4) is 0 Å². The van der Waals surface area contributed by atoms with Crippen LogP contribution >= 0.6 is 0 Å². The van der Waals surface area contributed by atoms with Crippen molar-refractivity contribution in [1.29, 1.82) is 0 Å². The molecule has 0 fully saturated rings. The highest BCUT2D eigenvalue weighted by Gasteiger charge is 2.24. The molecule has 3 aromatic heterocycles. The number of aliphatic hydroxyl groups excluding tert-OH is 1. The average molecular weight is 311 g/mol. The Morgan fingerprint density at radius 3 is 3.04 bits per heavy atom. The Hall–Kier alpha value is -2.18. The lowest BCUT2D eigenvalue weighted by Gasteiger charge is -2.27. The first-order valence-corrected chi connectivity index (χ1v) is 8.11. The highest BCUT2D eigenvalue weighted by Crippen LogP contribution is 2.24. The molecule has 6 heteroatoms. The predicted molar refractivity (Wildman–Crippen MR) is 86.8 cm³/mol. The molecule has 1 aliphatic rings. The standard InChI is InChI=1S/C17H21N5O/c1-2-21-17-5-7-20(11-15(17)16(12-23)19-21)10-13-4-8-22-14(9-13)3-6-18-22/h3-4,6,8-9,23H,2,5,7,10-12H2,1H3. The lowest BCUT2D eigenvalue weighted by molar-refractivity contribution is 0.236. The van der Waals surface area contributed by atoms with E-state index in [1.54, 1.807) is 0 Å². The van der Waals surface area contributed by atoms with Crippen molar-refractivity contribution >= 4 is 5.52 Å². The van der Waals surface area contributed by atoms with Crippen LogP contribution in [0.25, 0.3) is 5.52 Å². The summed E-state index contributed by atoms with van der Waals surface area (Å²) in [7, 11) is 0. The Morgan fingerprint density at radius 1 is 1.30 bits per heavy atom. The summed E-state index contributed by atoms with van der Waals surface area (Å²) < 4.78 is 3.92. The van der Waals surface area contributed by atoms with E-state index in [-0.39, 0.29) is 6.61 Å². The number of fused-ring (bicyclic) bond motifs is 2. The number of hydrogen-bond donors (Lipinski definition) is 1. The molecular weight excluding hydrogens is 290 g/mol. The molecule has 0 unspecified atom stereocenters. The number of aromatic nitrogens is 4. The van der Waals surface area contributed by atoms with Gasteiger partial charge >= 0.3 is 0 Å². The first-order valence-electron chi connectivity index (χ1n) is 8.11. The average Bonchev–Trinajstić information content (AvgIpc) is 3.17. The number of aliphatic hydroxyl groups is 1. The molecule has 0 spiro atoms. The minimum absolute atomic E-state index is 0.0188. The van der Waals surface area contributed by atoms with Crippen LogP contribution in [0.1, 0.15) is 29.4 Å². The largest absolute Gasteiger partial charge is 0.390 e. The molecule has 0 saturated carbocycles. The monoisotopic (exact) mass is 311 g/mol. The summed E-state index contributed by atoms with van der Waals surface area (Å²) in [5.74, 6) is 0. The summed E-state index contributed by atoms with van der Waals surface area (Å²) in [5.41, 5.74) is 5.74. The maximum absolute atomic E-state index is 9.57. The van der Waals surface area contributed by atoms with Gasteiger partial charge in [0.25, 0.3) is 0 Å². The predicted octanol–water partition coefficient (Wildman–Crippen LogP) is 1.60. The second-order valence-electron chi connectivity index (χ2n) is 6.04. The topological polar surface area (TPSA) is 58.6 Å². The van der Waals surface area contributed by atoms with Crippen molar-refractivity contribution in [3.63, 3.8) is 0 Å². The number of rotatable bonds is 4. The van der Waals surface area contributed by atoms with Crippen LogP contribution in [-0.4, -0.2) is 35.9 Å². The Morgan fingerprint density at radius 2 is 2.22 bits per heavy atom. The highest BCUT2D eigenvalue weighted by molar-refractivity contribution is 5.47. The number of pyridine rings is 1. The van der Waals surface area contributed by atoms with Crippen molar-refractivity contribution in [2.75, 3.05) is 6.54 Å². The van der Waals surface area contributed by atoms with Gasteiger partial charge in [0.2, 0.25) is 0 Å². The van der Waals surface area contributed by atoms with Crippen LogP contribution in [0.2, 0.25) is 0 Å². The maximum Gasteiger partial charge on any atom is 0.0926 e. The van der Waals surface area contributed by atoms with Crippen LogP contribution in [-0.2, 0) is 32.7 Å². The van der Waals surface area contributed by atoms with E-state index in [4.69, 9.17) is 0 Å². The SMILES string of the molecule is CCn1nc(CO)c2c1CCN(Cc1ccn3nccc3c1)C2. The second-order valence-corrected chi connectivity index (χ2v) is 6.04. The zero-order chi connectivity index (χ0) is 15.8. The molecule has 1 N–H and O–H groups in total. The quantitative estimate of drug-likeness (QED) is 0.795. The van der Waals surface area contributed by atoms with Crippen molar-refractivity contribution in [2.24, 2.45) is 0 Å². The van der Waals surface area contributed by atoms with Gasteiger partial charge in [-0.2, -0.15) is 10.2 Å². The third kappa shape index (κ3) is 2.54. The van der Waals surface area contributed by atoms with E-state index in [1.807, 2.05) is 27.7 Å². The van der Waals surface area contributed by atoms with E-state index < -0.39 is 0 Å². The second kappa shape index (κ2) is 5.79. The van der Waals surface area contributed by atoms with Crippen LogP contribution in [0.15, 0.2) is 30.6 Å². The van der Waals surface area contributed by atoms with Gasteiger partial charge in [0, 0.05) is 56.3 Å². The zero-order valence-electron chi connectivity index (χ0n) is 13.3. The zero-order valence-corrected chi connectivity index (χ0v) is 13.3. The van der Waals surface area contributed by atoms with E-state index in [0.717, 1.165) is 43.8 Å². The first-order chi connectivity index (χ1) is 11.3. The van der Waals surface area contributed by atoms with Gasteiger partial charge in [-0.3, -0.25) is 9.58 Å². The van der Waals surface area contributed by atoms with Crippen molar-refractivity contribution in [1.82, 2.24) is 24.3 Å². The Balaban J connectivity index is 1.56. The van der Waals surface area contributed by atoms with Gasteiger partial charge < -0.3 is 5.11 Å². The molecule has 0 aliphatic carbocycles. The maximum atomic E-state index is 9.57. The Labute approximate surface area is 135 Å². The van der Waals surface area contributed by atoms with Crippen molar-refractivity contribution in [3.05, 3.63) is 53.1 Å². The van der Waals surface area contributed by atoms with E-state index in [1.165, 1.54) is 16.8 Å². The molecule has 0 saturated heterocycles. The van der Waals surface area contributed by atoms with Crippen LogP contribution in [0.5, 0.6) is 0 Å². The van der Waals surface area contributed by atoms with E-state index in [9.17, 15) is 5.11 Å². The van der Waals surface area contributed by atoms with Gasteiger partial charge in [-0.05, 0) is 30.7 Å². The van der Waals surface area contributed by atoms with Crippen LogP contribution in [0.3, 0.4) is 0 Å². The summed E-state index contributed by atoms with van der Waals surface area (Å²) in [6.45, 7) is 5.76. The smallest absolute Gasteiger partial charge is 0.0926 e. The van der Waals surface area contributed by atoms with Crippen LogP contribution < -0.4 is 0 Å². The fraction of sp³-hybridized carbons (Fsp3) is 0.412. The fourth-order valence-corrected chi connectivity index (χ4v) is 3.47. The Bertz CT molecular complexity index is 835. The van der Waals surface area contributed by atoms with E-state index in [0.29, 0.717) is 0 Å². The molecule has 0 aromatic carbocycles. The number of aryl methyl sites for hydroxylation is 1. The number of nitrogens with zero attached hydrogens (tertiary/aromatic N) is 5. The third-order valence-corrected chi connectivity index (χ3v) is 4.62. The van der Waals surface area contributed by atoms with Crippen molar-refractivity contribution < 1.29 is 5.11 Å². The first kappa shape index (κ1) is 14.4. The summed E-state index contributed by atoms with van der Waals surface area (Å²) in [5, 5.41) is 18.3. The molecule has 120 valence electrons. The summed E-state index contributed by atoms with van der Waals surface area (Å²) >= 11 is 0. The molecule has 0 amide bonds. The fourth-order valence-electron chi connectivity index (χ4n) is 3.47. The normalized spacial score (nSPS) is 15.2. The molecule has 23 heavy (non-hydrogen) atoms. The number of hydrogen-bond acceptors (Lipinski definition) is 4. The lowest BCUT2D eigenvalue weighted by atomic mass is 10.0.